The summed E-state index contributed by atoms with van der Waals surface area (Å²) < 4.78 is 5.41. The molecule has 0 spiro atoms. The Hall–Kier alpha value is -2.41. The fourth-order valence-corrected chi connectivity index (χ4v) is 2.22. The van der Waals surface area contributed by atoms with Crippen LogP contribution >= 0.6 is 0 Å². The van der Waals surface area contributed by atoms with Gasteiger partial charge in [-0.2, -0.15) is 15.0 Å². The van der Waals surface area contributed by atoms with Crippen molar-refractivity contribution in [1.29, 1.82) is 0 Å². The third-order valence-corrected chi connectivity index (χ3v) is 3.71. The van der Waals surface area contributed by atoms with Crippen LogP contribution in [0.15, 0.2) is 24.3 Å². The van der Waals surface area contributed by atoms with Gasteiger partial charge in [0.2, 0.25) is 11.9 Å². The summed E-state index contributed by atoms with van der Waals surface area (Å²) in [6.45, 7) is 2.76. The van der Waals surface area contributed by atoms with Crippen molar-refractivity contribution < 1.29 is 4.74 Å². The molecule has 1 atom stereocenters. The minimum absolute atomic E-state index is 0.0103. The lowest BCUT2D eigenvalue weighted by Gasteiger charge is -2.25. The molecule has 0 radical (unpaired) electrons. The Bertz CT molecular complexity index is 661. The van der Waals surface area contributed by atoms with Crippen LogP contribution in [0.1, 0.15) is 24.4 Å². The number of methoxy groups -OCH3 is 1. The summed E-state index contributed by atoms with van der Waals surface area (Å²) in [7, 11) is 7.45. The molecule has 0 aliphatic carbocycles. The molecule has 1 aromatic carbocycles. The Kier molecular flexibility index (Phi) is 5.33. The number of hydrogen-bond acceptors (Lipinski definition) is 7. The lowest BCUT2D eigenvalue weighted by atomic mass is 10.1. The molecule has 7 heteroatoms. The molecule has 0 fully saturated rings. The normalized spacial score (nSPS) is 12.3. The van der Waals surface area contributed by atoms with E-state index >= 15 is 0 Å². The number of nitrogens with two attached hydrogens (primary N) is 1. The molecule has 7 nitrogen and oxygen atoms in total. The number of para-hydroxylation sites is 1. The minimum atomic E-state index is -0.0103. The molecule has 0 saturated heterocycles. The monoisotopic (exact) mass is 316 g/mol. The van der Waals surface area contributed by atoms with E-state index in [0.29, 0.717) is 18.3 Å². The summed E-state index contributed by atoms with van der Waals surface area (Å²) in [6.07, 6.45) is 0. The standard InChI is InChI=1S/C16H24N6O/c1-11(14-18-15(17)20-16(19-14)21(2)3)22(4)10-12-8-6-7-9-13(12)23-5/h6-9,11H,10H2,1-5H3,(H2,17,18,19,20)/t11-/m0/s1. The van der Waals surface area contributed by atoms with Gasteiger partial charge in [-0.05, 0) is 20.0 Å². The quantitative estimate of drug-likeness (QED) is 0.869. The highest BCUT2D eigenvalue weighted by atomic mass is 16.5. The minimum Gasteiger partial charge on any atom is -0.496 e. The van der Waals surface area contributed by atoms with E-state index in [1.165, 1.54) is 0 Å². The zero-order valence-electron chi connectivity index (χ0n) is 14.3. The molecular formula is C16H24N6O. The second kappa shape index (κ2) is 7.23. The predicted octanol–water partition coefficient (Wildman–Crippen LogP) is 1.72. The first kappa shape index (κ1) is 17.0. The van der Waals surface area contributed by atoms with E-state index in [0.717, 1.165) is 11.3 Å². The van der Waals surface area contributed by atoms with Crippen LogP contribution in [0, 0.1) is 0 Å². The van der Waals surface area contributed by atoms with Gasteiger partial charge >= 0.3 is 0 Å². The van der Waals surface area contributed by atoms with Crippen LogP contribution in [0.3, 0.4) is 0 Å². The molecule has 23 heavy (non-hydrogen) atoms. The van der Waals surface area contributed by atoms with E-state index in [9.17, 15) is 0 Å². The summed E-state index contributed by atoms with van der Waals surface area (Å²) in [5.74, 6) is 2.32. The van der Waals surface area contributed by atoms with Gasteiger partial charge in [0.25, 0.3) is 0 Å². The van der Waals surface area contributed by atoms with Crippen molar-refractivity contribution >= 4 is 11.9 Å². The van der Waals surface area contributed by atoms with E-state index in [2.05, 4.69) is 25.9 Å². The Labute approximate surface area is 137 Å². The van der Waals surface area contributed by atoms with Gasteiger partial charge in [0.15, 0.2) is 5.82 Å². The molecule has 124 valence electrons. The fraction of sp³-hybridized carbons (Fsp3) is 0.438. The molecular weight excluding hydrogens is 292 g/mol. The topological polar surface area (TPSA) is 80.4 Å². The molecule has 1 aromatic heterocycles. The summed E-state index contributed by atoms with van der Waals surface area (Å²) in [5.41, 5.74) is 6.92. The first-order valence-electron chi connectivity index (χ1n) is 7.43. The predicted molar refractivity (Wildman–Crippen MR) is 91.4 cm³/mol. The molecule has 0 saturated carbocycles. The number of ether oxygens (including phenoxy) is 1. The Morgan fingerprint density at radius 3 is 2.48 bits per heavy atom. The zero-order chi connectivity index (χ0) is 17.0. The first-order valence-corrected chi connectivity index (χ1v) is 7.43. The molecule has 2 aromatic rings. The summed E-state index contributed by atoms with van der Waals surface area (Å²) in [5, 5.41) is 0. The van der Waals surface area contributed by atoms with E-state index < -0.39 is 0 Å². The van der Waals surface area contributed by atoms with Gasteiger partial charge in [0, 0.05) is 26.2 Å². The van der Waals surface area contributed by atoms with Gasteiger partial charge in [-0.15, -0.1) is 0 Å². The van der Waals surface area contributed by atoms with Crippen molar-refractivity contribution in [1.82, 2.24) is 19.9 Å². The molecule has 1 heterocycles. The van der Waals surface area contributed by atoms with Crippen LogP contribution in [0.2, 0.25) is 0 Å². The average Bonchev–Trinajstić information content (AvgIpc) is 2.53. The Morgan fingerprint density at radius 2 is 1.83 bits per heavy atom. The number of aromatic nitrogens is 3. The van der Waals surface area contributed by atoms with Crippen molar-refractivity contribution in [3.05, 3.63) is 35.7 Å². The number of hydrogen-bond donors (Lipinski definition) is 1. The summed E-state index contributed by atoms with van der Waals surface area (Å²) in [4.78, 5) is 16.9. The molecule has 2 N–H and O–H groups in total. The van der Waals surface area contributed by atoms with Crippen LogP contribution in [-0.4, -0.2) is 48.1 Å². The number of rotatable bonds is 6. The fourth-order valence-electron chi connectivity index (χ4n) is 2.22. The highest BCUT2D eigenvalue weighted by Gasteiger charge is 2.18. The largest absolute Gasteiger partial charge is 0.496 e. The zero-order valence-corrected chi connectivity index (χ0v) is 14.3. The maximum atomic E-state index is 5.81. The third-order valence-electron chi connectivity index (χ3n) is 3.71. The van der Waals surface area contributed by atoms with Crippen LogP contribution in [-0.2, 0) is 6.54 Å². The lowest BCUT2D eigenvalue weighted by Crippen LogP contribution is -2.25. The molecule has 0 bridgehead atoms. The Morgan fingerprint density at radius 1 is 1.13 bits per heavy atom. The molecule has 2 rings (SSSR count). The van der Waals surface area contributed by atoms with Crippen molar-refractivity contribution in [3.63, 3.8) is 0 Å². The maximum Gasteiger partial charge on any atom is 0.229 e. The highest BCUT2D eigenvalue weighted by molar-refractivity contribution is 5.34. The number of nitrogens with zero attached hydrogens (tertiary/aromatic N) is 5. The van der Waals surface area contributed by atoms with Gasteiger partial charge in [0.05, 0.1) is 13.2 Å². The third kappa shape index (κ3) is 4.07. The van der Waals surface area contributed by atoms with E-state index in [-0.39, 0.29) is 12.0 Å². The number of anilines is 2. The second-order valence-electron chi connectivity index (χ2n) is 5.65. The SMILES string of the molecule is COc1ccccc1CN(C)[C@@H](C)c1nc(N)nc(N(C)C)n1. The summed E-state index contributed by atoms with van der Waals surface area (Å²) in [6, 6.07) is 7.96. The van der Waals surface area contributed by atoms with Gasteiger partial charge in [-0.1, -0.05) is 18.2 Å². The second-order valence-corrected chi connectivity index (χ2v) is 5.65. The van der Waals surface area contributed by atoms with Crippen molar-refractivity contribution in [3.8, 4) is 5.75 Å². The van der Waals surface area contributed by atoms with Crippen LogP contribution < -0.4 is 15.4 Å². The van der Waals surface area contributed by atoms with E-state index in [1.54, 1.807) is 7.11 Å². The summed E-state index contributed by atoms with van der Waals surface area (Å²) >= 11 is 0. The van der Waals surface area contributed by atoms with Crippen LogP contribution in [0.5, 0.6) is 5.75 Å². The maximum absolute atomic E-state index is 5.81. The van der Waals surface area contributed by atoms with Gasteiger partial charge in [0.1, 0.15) is 5.75 Å². The van der Waals surface area contributed by atoms with Crippen LogP contribution in [0.4, 0.5) is 11.9 Å². The van der Waals surface area contributed by atoms with E-state index in [1.807, 2.05) is 51.2 Å². The average molecular weight is 316 g/mol. The van der Waals surface area contributed by atoms with Crippen molar-refractivity contribution in [2.75, 3.05) is 38.9 Å². The van der Waals surface area contributed by atoms with Crippen molar-refractivity contribution in [2.24, 2.45) is 0 Å². The number of benzene rings is 1. The first-order chi connectivity index (χ1) is 10.9. The lowest BCUT2D eigenvalue weighted by molar-refractivity contribution is 0.240. The number of nitrogen functional groups attached to an aromatic ring is 1. The molecule has 0 aliphatic rings. The van der Waals surface area contributed by atoms with Gasteiger partial charge < -0.3 is 15.4 Å². The van der Waals surface area contributed by atoms with Crippen molar-refractivity contribution in [2.45, 2.75) is 19.5 Å². The molecule has 0 unspecified atom stereocenters. The van der Waals surface area contributed by atoms with E-state index in [4.69, 9.17) is 10.5 Å². The van der Waals surface area contributed by atoms with Gasteiger partial charge in [-0.25, -0.2) is 0 Å². The smallest absolute Gasteiger partial charge is 0.229 e. The molecule has 0 aliphatic heterocycles. The Balaban J connectivity index is 2.21. The molecule has 0 amide bonds. The highest BCUT2D eigenvalue weighted by Crippen LogP contribution is 2.24. The van der Waals surface area contributed by atoms with Gasteiger partial charge in [-0.3, -0.25) is 4.90 Å². The van der Waals surface area contributed by atoms with Crippen LogP contribution in [0.25, 0.3) is 0 Å².